The molecule has 0 saturated carbocycles. The molecule has 1 atom stereocenters. The average Bonchev–Trinajstić information content (AvgIpc) is 2.38. The van der Waals surface area contributed by atoms with Gasteiger partial charge < -0.3 is 21.5 Å². The average molecular weight is 263 g/mol. The Morgan fingerprint density at radius 2 is 2.26 bits per heavy atom. The van der Waals surface area contributed by atoms with Crippen molar-refractivity contribution >= 4 is 23.3 Å². The number of nitrogens with one attached hydrogen (secondary N) is 2. The molecule has 2 rings (SSSR count). The minimum Gasteiger partial charge on any atom is -0.480 e. The van der Waals surface area contributed by atoms with E-state index in [0.29, 0.717) is 19.4 Å². The van der Waals surface area contributed by atoms with Crippen molar-refractivity contribution in [2.45, 2.75) is 25.3 Å². The fraction of sp³-hybridized carbons (Fsp3) is 0.385. The molecular formula is C13H17N3O3. The Morgan fingerprint density at radius 1 is 1.47 bits per heavy atom. The second-order valence-electron chi connectivity index (χ2n) is 4.58. The molecule has 1 aliphatic heterocycles. The van der Waals surface area contributed by atoms with Gasteiger partial charge >= 0.3 is 5.97 Å². The van der Waals surface area contributed by atoms with Crippen LogP contribution >= 0.6 is 0 Å². The first-order valence-corrected chi connectivity index (χ1v) is 6.21. The number of rotatable bonds is 5. The van der Waals surface area contributed by atoms with Crippen LogP contribution in [0.3, 0.4) is 0 Å². The highest BCUT2D eigenvalue weighted by atomic mass is 16.4. The maximum absolute atomic E-state index is 11.2. The van der Waals surface area contributed by atoms with Crippen LogP contribution in [0.4, 0.5) is 11.4 Å². The summed E-state index contributed by atoms with van der Waals surface area (Å²) in [6.45, 7) is 0.499. The van der Waals surface area contributed by atoms with Gasteiger partial charge in [0.05, 0.1) is 0 Å². The Hall–Kier alpha value is -2.08. The fourth-order valence-electron chi connectivity index (χ4n) is 1.99. The lowest BCUT2D eigenvalue weighted by molar-refractivity contribution is -0.138. The summed E-state index contributed by atoms with van der Waals surface area (Å²) in [5, 5.41) is 14.6. The number of carboxylic acids is 1. The molecule has 0 aliphatic carbocycles. The van der Waals surface area contributed by atoms with Crippen LogP contribution < -0.4 is 16.4 Å². The minimum absolute atomic E-state index is 0.0423. The van der Waals surface area contributed by atoms with Crippen LogP contribution in [0.15, 0.2) is 18.2 Å². The van der Waals surface area contributed by atoms with Gasteiger partial charge in [0.15, 0.2) is 0 Å². The van der Waals surface area contributed by atoms with E-state index in [1.54, 1.807) is 0 Å². The molecule has 0 saturated heterocycles. The molecule has 1 amide bonds. The van der Waals surface area contributed by atoms with E-state index in [1.165, 1.54) is 0 Å². The lowest BCUT2D eigenvalue weighted by Crippen LogP contribution is -2.32. The number of hydrogen-bond acceptors (Lipinski definition) is 4. The number of fused-ring (bicyclic) bond motifs is 1. The first-order valence-electron chi connectivity index (χ1n) is 6.21. The van der Waals surface area contributed by atoms with E-state index in [1.807, 2.05) is 18.2 Å². The lowest BCUT2D eigenvalue weighted by atomic mass is 10.0. The van der Waals surface area contributed by atoms with Crippen molar-refractivity contribution in [1.82, 2.24) is 0 Å². The Labute approximate surface area is 111 Å². The molecule has 5 N–H and O–H groups in total. The van der Waals surface area contributed by atoms with Gasteiger partial charge in [0.1, 0.15) is 6.04 Å². The molecule has 6 nitrogen and oxygen atoms in total. The maximum atomic E-state index is 11.2. The Kier molecular flexibility index (Phi) is 4.01. The van der Waals surface area contributed by atoms with Gasteiger partial charge in [0, 0.05) is 24.3 Å². The third-order valence-electron chi connectivity index (χ3n) is 3.10. The molecule has 6 heteroatoms. The first kappa shape index (κ1) is 13.4. The topological polar surface area (TPSA) is 104 Å². The van der Waals surface area contributed by atoms with E-state index >= 15 is 0 Å². The second kappa shape index (κ2) is 5.71. The van der Waals surface area contributed by atoms with Gasteiger partial charge in [-0.15, -0.1) is 0 Å². The van der Waals surface area contributed by atoms with Crippen LogP contribution in [0.2, 0.25) is 0 Å². The highest BCUT2D eigenvalue weighted by Crippen LogP contribution is 2.25. The number of carbonyl (C=O) groups excluding carboxylic acids is 1. The zero-order valence-corrected chi connectivity index (χ0v) is 10.5. The Balaban J connectivity index is 1.92. The number of benzene rings is 1. The first-order chi connectivity index (χ1) is 9.06. The van der Waals surface area contributed by atoms with Gasteiger partial charge in [-0.1, -0.05) is 0 Å². The molecule has 0 bridgehead atoms. The zero-order valence-electron chi connectivity index (χ0n) is 10.5. The summed E-state index contributed by atoms with van der Waals surface area (Å²) in [6.07, 6.45) is 1.59. The van der Waals surface area contributed by atoms with Crippen molar-refractivity contribution in [3.63, 3.8) is 0 Å². The highest BCUT2D eigenvalue weighted by Gasteiger charge is 2.15. The van der Waals surface area contributed by atoms with Gasteiger partial charge in [0.25, 0.3) is 0 Å². The number of aliphatic carboxylic acids is 1. The summed E-state index contributed by atoms with van der Waals surface area (Å²) in [5.74, 6) is -0.949. The molecule has 1 aromatic carbocycles. The van der Waals surface area contributed by atoms with Gasteiger partial charge in [-0.05, 0) is 36.6 Å². The summed E-state index contributed by atoms with van der Waals surface area (Å²) in [6, 6.07) is 4.84. The summed E-state index contributed by atoms with van der Waals surface area (Å²) in [4.78, 5) is 21.8. The van der Waals surface area contributed by atoms with Crippen LogP contribution in [0.25, 0.3) is 0 Å². The molecule has 1 heterocycles. The predicted molar refractivity (Wildman–Crippen MR) is 72.1 cm³/mol. The van der Waals surface area contributed by atoms with E-state index in [4.69, 9.17) is 10.8 Å². The maximum Gasteiger partial charge on any atom is 0.320 e. The van der Waals surface area contributed by atoms with Crippen LogP contribution in [0.5, 0.6) is 0 Å². The van der Waals surface area contributed by atoms with Crippen molar-refractivity contribution in [3.8, 4) is 0 Å². The molecule has 1 aromatic rings. The molecule has 102 valence electrons. The predicted octanol–water partition coefficient (Wildman–Crippen LogP) is 0.785. The number of aryl methyl sites for hydroxylation is 1. The third kappa shape index (κ3) is 3.45. The van der Waals surface area contributed by atoms with Crippen LogP contribution in [-0.2, 0) is 16.0 Å². The summed E-state index contributed by atoms with van der Waals surface area (Å²) in [7, 11) is 0. The fourth-order valence-corrected chi connectivity index (χ4v) is 1.99. The standard InChI is InChI=1S/C13H17N3O3/c14-10(13(18)19)5-6-15-9-2-3-11-8(7-9)1-4-12(17)16-11/h2-3,7,10,15H,1,4-6,14H2,(H,16,17)(H,18,19). The van der Waals surface area contributed by atoms with Crippen molar-refractivity contribution in [3.05, 3.63) is 23.8 Å². The van der Waals surface area contributed by atoms with Crippen molar-refractivity contribution < 1.29 is 14.7 Å². The quantitative estimate of drug-likeness (QED) is 0.628. The number of carboxylic acid groups (broad SMARTS) is 1. The summed E-state index contributed by atoms with van der Waals surface area (Å²) in [5.41, 5.74) is 8.27. The molecule has 0 radical (unpaired) electrons. The Morgan fingerprint density at radius 3 is 3.00 bits per heavy atom. The molecule has 1 unspecified atom stereocenters. The third-order valence-corrected chi connectivity index (χ3v) is 3.10. The second-order valence-corrected chi connectivity index (χ2v) is 4.58. The number of anilines is 2. The highest BCUT2D eigenvalue weighted by molar-refractivity contribution is 5.94. The number of nitrogens with two attached hydrogens (primary N) is 1. The summed E-state index contributed by atoms with van der Waals surface area (Å²) < 4.78 is 0. The van der Waals surface area contributed by atoms with Gasteiger partial charge in [-0.25, -0.2) is 0 Å². The van der Waals surface area contributed by atoms with E-state index in [2.05, 4.69) is 10.6 Å². The molecule has 19 heavy (non-hydrogen) atoms. The minimum atomic E-state index is -0.991. The zero-order chi connectivity index (χ0) is 13.8. The monoisotopic (exact) mass is 263 g/mol. The Bertz CT molecular complexity index is 502. The number of hydrogen-bond donors (Lipinski definition) is 4. The molecule has 0 fully saturated rings. The van der Waals surface area contributed by atoms with E-state index < -0.39 is 12.0 Å². The molecule has 0 spiro atoms. The SMILES string of the molecule is NC(CCNc1ccc2c(c1)CCC(=O)N2)C(=O)O. The van der Waals surface area contributed by atoms with Crippen molar-refractivity contribution in [2.75, 3.05) is 17.2 Å². The summed E-state index contributed by atoms with van der Waals surface area (Å²) >= 11 is 0. The lowest BCUT2D eigenvalue weighted by Gasteiger charge is -2.18. The van der Waals surface area contributed by atoms with Gasteiger partial charge in [0.2, 0.25) is 5.91 Å². The molecular weight excluding hydrogens is 246 g/mol. The van der Waals surface area contributed by atoms with Crippen molar-refractivity contribution in [1.29, 1.82) is 0 Å². The van der Waals surface area contributed by atoms with Crippen LogP contribution in [0.1, 0.15) is 18.4 Å². The largest absolute Gasteiger partial charge is 0.480 e. The van der Waals surface area contributed by atoms with E-state index in [0.717, 1.165) is 23.4 Å². The van der Waals surface area contributed by atoms with E-state index in [9.17, 15) is 9.59 Å². The van der Waals surface area contributed by atoms with Crippen LogP contribution in [-0.4, -0.2) is 29.6 Å². The molecule has 0 aromatic heterocycles. The van der Waals surface area contributed by atoms with Gasteiger partial charge in [-0.3, -0.25) is 9.59 Å². The van der Waals surface area contributed by atoms with Gasteiger partial charge in [-0.2, -0.15) is 0 Å². The smallest absolute Gasteiger partial charge is 0.320 e. The van der Waals surface area contributed by atoms with E-state index in [-0.39, 0.29) is 5.91 Å². The normalized spacial score (nSPS) is 15.3. The van der Waals surface area contributed by atoms with Crippen LogP contribution in [0, 0.1) is 0 Å². The number of carbonyl (C=O) groups is 2. The number of amides is 1. The molecule has 1 aliphatic rings. The van der Waals surface area contributed by atoms with Crippen molar-refractivity contribution in [2.24, 2.45) is 5.73 Å².